The number of carbonyl (C=O) groups excluding carboxylic acids is 2. The molecule has 0 radical (unpaired) electrons. The highest BCUT2D eigenvalue weighted by atomic mass is 16.5. The summed E-state index contributed by atoms with van der Waals surface area (Å²) in [7, 11) is 0. The first-order chi connectivity index (χ1) is 11.8. The Morgan fingerprint density at radius 2 is 1.40 bits per heavy atom. The number of benzene rings is 2. The summed E-state index contributed by atoms with van der Waals surface area (Å²) in [4.78, 5) is 22.5. The summed E-state index contributed by atoms with van der Waals surface area (Å²) < 4.78 is 10.3. The van der Waals surface area contributed by atoms with Gasteiger partial charge in [0, 0.05) is 19.9 Å². The quantitative estimate of drug-likeness (QED) is 0.449. The van der Waals surface area contributed by atoms with Crippen LogP contribution < -0.4 is 9.47 Å². The third-order valence-electron chi connectivity index (χ3n) is 3.48. The lowest BCUT2D eigenvalue weighted by Gasteiger charge is -2.13. The molecule has 25 heavy (non-hydrogen) atoms. The van der Waals surface area contributed by atoms with E-state index in [-0.39, 0.29) is 5.92 Å². The zero-order valence-electron chi connectivity index (χ0n) is 14.9. The number of carbonyl (C=O) groups is 2. The Hall–Kier alpha value is -2.88. The van der Waals surface area contributed by atoms with Crippen molar-refractivity contribution in [1.82, 2.24) is 0 Å². The summed E-state index contributed by atoms with van der Waals surface area (Å²) in [6, 6.07) is 15.1. The summed E-state index contributed by atoms with van der Waals surface area (Å²) in [6.45, 7) is 6.89. The summed E-state index contributed by atoms with van der Waals surface area (Å²) in [5.74, 6) is 0.114. The Morgan fingerprint density at radius 3 is 1.84 bits per heavy atom. The van der Waals surface area contributed by atoms with E-state index in [1.165, 1.54) is 19.9 Å². The molecule has 0 fully saturated rings. The predicted octanol–water partition coefficient (Wildman–Crippen LogP) is 4.73. The van der Waals surface area contributed by atoms with Crippen molar-refractivity contribution in [3.05, 3.63) is 59.7 Å². The van der Waals surface area contributed by atoms with E-state index in [9.17, 15) is 9.59 Å². The monoisotopic (exact) mass is 338 g/mol. The van der Waals surface area contributed by atoms with Gasteiger partial charge in [0.2, 0.25) is 0 Å². The fourth-order valence-corrected chi connectivity index (χ4v) is 2.52. The van der Waals surface area contributed by atoms with Gasteiger partial charge in [0.1, 0.15) is 11.5 Å². The summed E-state index contributed by atoms with van der Waals surface area (Å²) in [5, 5.41) is 0. The van der Waals surface area contributed by atoms with Crippen LogP contribution in [-0.4, -0.2) is 11.9 Å². The van der Waals surface area contributed by atoms with Gasteiger partial charge in [-0.1, -0.05) is 50.3 Å². The van der Waals surface area contributed by atoms with Gasteiger partial charge in [0.25, 0.3) is 0 Å². The van der Waals surface area contributed by atoms with E-state index >= 15 is 0 Å². The maximum Gasteiger partial charge on any atom is 0.308 e. The average molecular weight is 338 g/mol. The van der Waals surface area contributed by atoms with Crippen LogP contribution in [0.1, 0.15) is 38.8 Å². The molecule has 0 aliphatic carbocycles. The smallest absolute Gasteiger partial charge is 0.308 e. The fourth-order valence-electron chi connectivity index (χ4n) is 2.52. The second kappa shape index (κ2) is 8.29. The van der Waals surface area contributed by atoms with Gasteiger partial charge in [-0.05, 0) is 34.8 Å². The van der Waals surface area contributed by atoms with Gasteiger partial charge in [-0.25, -0.2) is 0 Å². The molecule has 0 unspecified atom stereocenters. The fraction of sp³-hybridized carbons (Fsp3) is 0.238. The molecule has 4 nitrogen and oxygen atoms in total. The van der Waals surface area contributed by atoms with Crippen molar-refractivity contribution in [2.75, 3.05) is 0 Å². The molecule has 0 heterocycles. The molecule has 0 aromatic heterocycles. The topological polar surface area (TPSA) is 52.6 Å². The van der Waals surface area contributed by atoms with Gasteiger partial charge in [-0.15, -0.1) is 0 Å². The second-order valence-corrected chi connectivity index (χ2v) is 6.05. The van der Waals surface area contributed by atoms with Crippen molar-refractivity contribution >= 4 is 23.6 Å². The normalized spacial score (nSPS) is 11.3. The zero-order valence-corrected chi connectivity index (χ0v) is 14.9. The van der Waals surface area contributed by atoms with E-state index in [0.717, 1.165) is 16.7 Å². The number of hydrogen-bond donors (Lipinski definition) is 0. The molecule has 0 aliphatic rings. The lowest BCUT2D eigenvalue weighted by Crippen LogP contribution is -2.04. The van der Waals surface area contributed by atoms with Crippen LogP contribution in [0.2, 0.25) is 0 Å². The summed E-state index contributed by atoms with van der Waals surface area (Å²) >= 11 is 0. The van der Waals surface area contributed by atoms with Crippen LogP contribution in [0.15, 0.2) is 48.5 Å². The number of rotatable bonds is 5. The highest BCUT2D eigenvalue weighted by Gasteiger charge is 2.10. The first-order valence-electron chi connectivity index (χ1n) is 8.14. The standard InChI is InChI=1S/C21H22O4/c1-14(2)21(18-8-6-5-7-9-18)12-17-10-19(24-15(3)22)13-20(11-17)25-16(4)23/h5-14H,1-4H3. The molecule has 0 atom stereocenters. The van der Waals surface area contributed by atoms with Crippen molar-refractivity contribution in [2.45, 2.75) is 27.7 Å². The number of allylic oxidation sites excluding steroid dienone is 1. The van der Waals surface area contributed by atoms with Crippen molar-refractivity contribution in [3.8, 4) is 11.5 Å². The molecule has 0 aliphatic heterocycles. The minimum Gasteiger partial charge on any atom is -0.427 e. The molecule has 0 saturated heterocycles. The molecule has 0 amide bonds. The molecule has 0 saturated carbocycles. The highest BCUT2D eigenvalue weighted by Crippen LogP contribution is 2.30. The van der Waals surface area contributed by atoms with Crippen LogP contribution in [0.4, 0.5) is 0 Å². The molecule has 130 valence electrons. The molecular weight excluding hydrogens is 316 g/mol. The number of hydrogen-bond acceptors (Lipinski definition) is 4. The van der Waals surface area contributed by atoms with E-state index in [4.69, 9.17) is 9.47 Å². The number of ether oxygens (including phenoxy) is 2. The molecular formula is C21H22O4. The summed E-state index contributed by atoms with van der Waals surface area (Å²) in [6.07, 6.45) is 2.01. The zero-order chi connectivity index (χ0) is 18.4. The minimum absolute atomic E-state index is 0.289. The van der Waals surface area contributed by atoms with Crippen LogP contribution in [0.25, 0.3) is 11.6 Å². The third kappa shape index (κ3) is 5.60. The summed E-state index contributed by atoms with van der Waals surface area (Å²) in [5.41, 5.74) is 3.04. The van der Waals surface area contributed by atoms with Gasteiger partial charge in [0.05, 0.1) is 0 Å². The minimum atomic E-state index is -0.429. The van der Waals surface area contributed by atoms with Gasteiger partial charge in [-0.3, -0.25) is 9.59 Å². The molecule has 0 bridgehead atoms. The van der Waals surface area contributed by atoms with Gasteiger partial charge < -0.3 is 9.47 Å². The largest absolute Gasteiger partial charge is 0.427 e. The second-order valence-electron chi connectivity index (χ2n) is 6.05. The van der Waals surface area contributed by atoms with E-state index in [1.54, 1.807) is 12.1 Å². The van der Waals surface area contributed by atoms with E-state index in [0.29, 0.717) is 11.5 Å². The SMILES string of the molecule is CC(=O)Oc1cc(C=C(c2ccccc2)C(C)C)cc(OC(C)=O)c1. The molecule has 2 aromatic rings. The third-order valence-corrected chi connectivity index (χ3v) is 3.48. The van der Waals surface area contributed by atoms with Gasteiger partial charge in [-0.2, -0.15) is 0 Å². The molecule has 2 rings (SSSR count). The van der Waals surface area contributed by atoms with Crippen LogP contribution >= 0.6 is 0 Å². The Morgan fingerprint density at radius 1 is 0.880 bits per heavy atom. The van der Waals surface area contributed by atoms with E-state index in [1.807, 2.05) is 24.3 Å². The number of esters is 2. The Bertz CT molecular complexity index is 755. The molecule has 0 N–H and O–H groups in total. The molecule has 0 spiro atoms. The van der Waals surface area contributed by atoms with Crippen molar-refractivity contribution < 1.29 is 19.1 Å². The average Bonchev–Trinajstić information content (AvgIpc) is 2.51. The van der Waals surface area contributed by atoms with Gasteiger partial charge in [0.15, 0.2) is 0 Å². The van der Waals surface area contributed by atoms with E-state index < -0.39 is 11.9 Å². The first kappa shape index (κ1) is 18.5. The van der Waals surface area contributed by atoms with Gasteiger partial charge >= 0.3 is 11.9 Å². The maximum absolute atomic E-state index is 11.3. The van der Waals surface area contributed by atoms with Crippen molar-refractivity contribution in [2.24, 2.45) is 5.92 Å². The first-order valence-corrected chi connectivity index (χ1v) is 8.14. The van der Waals surface area contributed by atoms with Crippen LogP contribution in [-0.2, 0) is 9.59 Å². The van der Waals surface area contributed by atoms with Crippen LogP contribution in [0.3, 0.4) is 0 Å². The van der Waals surface area contributed by atoms with Crippen LogP contribution in [0, 0.1) is 5.92 Å². The predicted molar refractivity (Wildman–Crippen MR) is 98.2 cm³/mol. The lowest BCUT2D eigenvalue weighted by molar-refractivity contribution is -0.132. The van der Waals surface area contributed by atoms with Crippen molar-refractivity contribution in [3.63, 3.8) is 0 Å². The molecule has 2 aromatic carbocycles. The Kier molecular flexibility index (Phi) is 6.12. The molecule has 4 heteroatoms. The van der Waals surface area contributed by atoms with E-state index in [2.05, 4.69) is 26.0 Å². The maximum atomic E-state index is 11.3. The Labute approximate surface area is 148 Å². The van der Waals surface area contributed by atoms with Crippen LogP contribution in [0.5, 0.6) is 11.5 Å². The van der Waals surface area contributed by atoms with Crippen molar-refractivity contribution in [1.29, 1.82) is 0 Å². The lowest BCUT2D eigenvalue weighted by atomic mass is 9.93. The Balaban J connectivity index is 2.50. The highest BCUT2D eigenvalue weighted by molar-refractivity contribution is 5.83.